The number of aryl methyl sites for hydroxylation is 1. The van der Waals surface area contributed by atoms with Crippen LogP contribution >= 0.6 is 0 Å². The highest BCUT2D eigenvalue weighted by Crippen LogP contribution is 2.39. The summed E-state index contributed by atoms with van der Waals surface area (Å²) >= 11 is 0. The van der Waals surface area contributed by atoms with Gasteiger partial charge in [-0.05, 0) is 70.6 Å². The van der Waals surface area contributed by atoms with Crippen LogP contribution in [0.4, 0.5) is 4.79 Å². The number of carboxylic acids is 1. The van der Waals surface area contributed by atoms with E-state index in [2.05, 4.69) is 10.4 Å². The van der Waals surface area contributed by atoms with Gasteiger partial charge in [0.25, 0.3) is 5.91 Å². The first kappa shape index (κ1) is 33.3. The topological polar surface area (TPSA) is 170 Å². The summed E-state index contributed by atoms with van der Waals surface area (Å²) in [5, 5.41) is 16.5. The van der Waals surface area contributed by atoms with Crippen molar-refractivity contribution in [1.82, 2.24) is 24.9 Å². The van der Waals surface area contributed by atoms with Gasteiger partial charge in [-0.25, -0.2) is 9.59 Å². The molecule has 1 aliphatic heterocycles. The molecule has 14 nitrogen and oxygen atoms in total. The number of nitrogens with zero attached hydrogens (tertiary/aromatic N) is 4. The maximum atomic E-state index is 13.6. The Balaban J connectivity index is 1.59. The molecule has 0 unspecified atom stereocenters. The van der Waals surface area contributed by atoms with Gasteiger partial charge in [0.2, 0.25) is 17.4 Å². The Bertz CT molecular complexity index is 1430. The van der Waals surface area contributed by atoms with E-state index in [1.165, 1.54) is 20.5 Å². The molecule has 2 aromatic rings. The van der Waals surface area contributed by atoms with Gasteiger partial charge < -0.3 is 34.4 Å². The maximum absolute atomic E-state index is 13.6. The Morgan fingerprint density at radius 2 is 1.67 bits per heavy atom. The second-order valence-electron chi connectivity index (χ2n) is 11.1. The maximum Gasteiger partial charge on any atom is 0.409 e. The first-order valence-corrected chi connectivity index (χ1v) is 15.3. The number of amides is 3. The van der Waals surface area contributed by atoms with Crippen molar-refractivity contribution in [3.05, 3.63) is 41.1 Å². The molecule has 1 aromatic heterocycles. The molecule has 1 aromatic carbocycles. The van der Waals surface area contributed by atoms with Crippen LogP contribution in [-0.2, 0) is 23.9 Å². The molecular formula is C31H41N5O9. The van der Waals surface area contributed by atoms with E-state index in [1.54, 1.807) is 13.8 Å². The smallest absolute Gasteiger partial charge is 0.409 e. The van der Waals surface area contributed by atoms with Crippen LogP contribution in [0, 0.1) is 13.8 Å². The van der Waals surface area contributed by atoms with Crippen molar-refractivity contribution in [3.63, 3.8) is 0 Å². The van der Waals surface area contributed by atoms with Crippen LogP contribution < -0.4 is 10.1 Å². The molecule has 1 saturated carbocycles. The summed E-state index contributed by atoms with van der Waals surface area (Å²) in [6, 6.07) is 5.85. The summed E-state index contributed by atoms with van der Waals surface area (Å²) in [6.07, 6.45) is 0.689. The zero-order chi connectivity index (χ0) is 32.7. The lowest BCUT2D eigenvalue weighted by atomic mass is 9.80. The molecule has 2 aliphatic rings. The van der Waals surface area contributed by atoms with E-state index < -0.39 is 41.5 Å². The largest absolute Gasteiger partial charge is 0.481 e. The van der Waals surface area contributed by atoms with Crippen molar-refractivity contribution in [2.45, 2.75) is 71.4 Å². The molecule has 2 fully saturated rings. The SMILES string of the molecule is CCOC(=O)N1CCN(C(=O)[C@H](CCC(=O)O)NC(=O)c2cc(OC3(C(=O)OCC)CCC3)n(-c3cccc(C)c3C)n2)CC1. The molecule has 14 heteroatoms. The minimum absolute atomic E-state index is 0.0792. The van der Waals surface area contributed by atoms with E-state index in [1.807, 2.05) is 32.0 Å². The molecule has 2 N–H and O–H groups in total. The molecule has 45 heavy (non-hydrogen) atoms. The first-order valence-electron chi connectivity index (χ1n) is 15.3. The Labute approximate surface area is 261 Å². The highest BCUT2D eigenvalue weighted by atomic mass is 16.6. The standard InChI is InChI=1S/C31H41N5O9/c1-5-43-29(41)31(13-8-14-31)45-25-19-23(33-36(25)24-10-7-9-20(3)21(24)4)27(39)32-22(11-12-26(37)38)28(40)34-15-17-35(18-16-34)30(42)44-6-2/h7,9-10,19,22H,5-6,8,11-18H2,1-4H3,(H,32,39)(H,37,38)/t22-/m0/s1. The van der Waals surface area contributed by atoms with Gasteiger partial charge in [0.1, 0.15) is 6.04 Å². The number of rotatable bonds is 12. The molecule has 244 valence electrons. The predicted octanol–water partition coefficient (Wildman–Crippen LogP) is 2.62. The lowest BCUT2D eigenvalue weighted by molar-refractivity contribution is -0.170. The first-order chi connectivity index (χ1) is 21.5. The highest BCUT2D eigenvalue weighted by Gasteiger charge is 2.49. The third-order valence-corrected chi connectivity index (χ3v) is 8.19. The van der Waals surface area contributed by atoms with E-state index in [4.69, 9.17) is 14.2 Å². The zero-order valence-corrected chi connectivity index (χ0v) is 26.2. The summed E-state index contributed by atoms with van der Waals surface area (Å²) in [7, 11) is 0. The van der Waals surface area contributed by atoms with Crippen molar-refractivity contribution in [2.75, 3.05) is 39.4 Å². The van der Waals surface area contributed by atoms with Crippen LogP contribution in [0.1, 0.15) is 67.6 Å². The normalized spacial score (nSPS) is 16.3. The summed E-state index contributed by atoms with van der Waals surface area (Å²) in [4.78, 5) is 66.5. The molecule has 1 atom stereocenters. The van der Waals surface area contributed by atoms with Crippen molar-refractivity contribution >= 4 is 29.8 Å². The minimum atomic E-state index is -1.20. The van der Waals surface area contributed by atoms with Gasteiger partial charge in [0, 0.05) is 38.7 Å². The van der Waals surface area contributed by atoms with E-state index in [0.717, 1.165) is 17.5 Å². The number of hydrogen-bond acceptors (Lipinski definition) is 9. The van der Waals surface area contributed by atoms with E-state index in [-0.39, 0.29) is 63.8 Å². The van der Waals surface area contributed by atoms with E-state index >= 15 is 0 Å². The van der Waals surface area contributed by atoms with Crippen molar-refractivity contribution in [3.8, 4) is 11.6 Å². The number of piperazine rings is 1. The summed E-state index contributed by atoms with van der Waals surface area (Å²) in [5.74, 6) is -2.62. The number of carboxylic acid groups (broad SMARTS) is 1. The quantitative estimate of drug-likeness (QED) is 0.334. The van der Waals surface area contributed by atoms with Crippen LogP contribution in [0.15, 0.2) is 24.3 Å². The third kappa shape index (κ3) is 7.55. The second kappa shape index (κ2) is 14.4. The van der Waals surface area contributed by atoms with Crippen molar-refractivity contribution in [1.29, 1.82) is 0 Å². The predicted molar refractivity (Wildman–Crippen MR) is 160 cm³/mol. The van der Waals surface area contributed by atoms with Gasteiger partial charge in [0.15, 0.2) is 5.69 Å². The monoisotopic (exact) mass is 627 g/mol. The van der Waals surface area contributed by atoms with Crippen molar-refractivity contribution in [2.24, 2.45) is 0 Å². The van der Waals surface area contributed by atoms with E-state index in [9.17, 15) is 29.1 Å². The molecule has 0 bridgehead atoms. The summed E-state index contributed by atoms with van der Waals surface area (Å²) < 4.78 is 18.1. The molecule has 3 amide bonds. The number of aromatic nitrogens is 2. The van der Waals surface area contributed by atoms with Crippen molar-refractivity contribution < 1.29 is 43.3 Å². The van der Waals surface area contributed by atoms with Gasteiger partial charge in [0.05, 0.1) is 18.9 Å². The van der Waals surface area contributed by atoms with E-state index in [0.29, 0.717) is 18.5 Å². The lowest BCUT2D eigenvalue weighted by Crippen LogP contribution is -2.56. The molecular weight excluding hydrogens is 586 g/mol. The average molecular weight is 628 g/mol. The summed E-state index contributed by atoms with van der Waals surface area (Å²) in [5.41, 5.74) is 1.22. The van der Waals surface area contributed by atoms with Gasteiger partial charge in [-0.15, -0.1) is 0 Å². The fourth-order valence-electron chi connectivity index (χ4n) is 5.30. The summed E-state index contributed by atoms with van der Waals surface area (Å²) in [6.45, 7) is 8.58. The van der Waals surface area contributed by atoms with Crippen LogP contribution in [0.25, 0.3) is 5.69 Å². The Morgan fingerprint density at radius 1 is 1.00 bits per heavy atom. The number of carbonyl (C=O) groups excluding carboxylic acids is 4. The van der Waals surface area contributed by atoms with Crippen LogP contribution in [0.5, 0.6) is 5.88 Å². The number of nitrogens with one attached hydrogen (secondary N) is 1. The van der Waals surface area contributed by atoms with Crippen LogP contribution in [-0.4, -0.2) is 106 Å². The Kier molecular flexibility index (Phi) is 10.7. The fraction of sp³-hybridized carbons (Fsp3) is 0.548. The Morgan fingerprint density at radius 3 is 2.27 bits per heavy atom. The van der Waals surface area contributed by atoms with Gasteiger partial charge in [-0.2, -0.15) is 9.78 Å². The molecule has 2 heterocycles. The fourth-order valence-corrected chi connectivity index (χ4v) is 5.30. The van der Waals surface area contributed by atoms with Crippen LogP contribution in [0.3, 0.4) is 0 Å². The molecule has 1 saturated heterocycles. The number of aliphatic carboxylic acids is 1. The Hall–Kier alpha value is -4.62. The molecule has 4 rings (SSSR count). The highest BCUT2D eigenvalue weighted by molar-refractivity contribution is 5.96. The van der Waals surface area contributed by atoms with Gasteiger partial charge in [-0.1, -0.05) is 12.1 Å². The number of carbonyl (C=O) groups is 5. The molecule has 0 radical (unpaired) electrons. The number of ether oxygens (including phenoxy) is 3. The number of hydrogen-bond donors (Lipinski definition) is 2. The minimum Gasteiger partial charge on any atom is -0.481 e. The number of benzene rings is 1. The number of esters is 1. The average Bonchev–Trinajstić information content (AvgIpc) is 3.41. The lowest BCUT2D eigenvalue weighted by Gasteiger charge is -2.38. The zero-order valence-electron chi connectivity index (χ0n) is 26.2. The van der Waals surface area contributed by atoms with Crippen LogP contribution in [0.2, 0.25) is 0 Å². The molecule has 0 spiro atoms. The second-order valence-corrected chi connectivity index (χ2v) is 11.1. The third-order valence-electron chi connectivity index (χ3n) is 8.19. The van der Waals surface area contributed by atoms with Gasteiger partial charge >= 0.3 is 18.0 Å². The molecule has 1 aliphatic carbocycles. The van der Waals surface area contributed by atoms with Gasteiger partial charge in [-0.3, -0.25) is 14.4 Å².